The van der Waals surface area contributed by atoms with Crippen molar-refractivity contribution in [2.45, 2.75) is 26.3 Å². The molecule has 0 aromatic heterocycles. The molecule has 15 heavy (non-hydrogen) atoms. The number of nitrogens with one attached hydrogen (secondary N) is 1. The lowest BCUT2D eigenvalue weighted by Gasteiger charge is -2.13. The fourth-order valence-electron chi connectivity index (χ4n) is 1.83. The van der Waals surface area contributed by atoms with Gasteiger partial charge in [-0.05, 0) is 24.8 Å². The van der Waals surface area contributed by atoms with Gasteiger partial charge in [0.25, 0.3) is 0 Å². The van der Waals surface area contributed by atoms with Gasteiger partial charge in [-0.2, -0.15) is 0 Å². The molecule has 1 N–H and O–H groups in total. The minimum absolute atomic E-state index is 0.117. The average Bonchev–Trinajstić information content (AvgIpc) is 2.97. The van der Waals surface area contributed by atoms with Crippen molar-refractivity contribution in [3.63, 3.8) is 0 Å². The molecule has 0 heterocycles. The Hall–Kier alpha value is -1.31. The quantitative estimate of drug-likeness (QED) is 0.803. The van der Waals surface area contributed by atoms with Gasteiger partial charge in [-0.3, -0.25) is 4.79 Å². The summed E-state index contributed by atoms with van der Waals surface area (Å²) in [5, 5.41) is 3.05. The van der Waals surface area contributed by atoms with E-state index in [9.17, 15) is 4.79 Å². The number of carbonyl (C=O) groups is 1. The van der Waals surface area contributed by atoms with Crippen LogP contribution in [-0.4, -0.2) is 5.91 Å². The molecule has 1 fully saturated rings. The van der Waals surface area contributed by atoms with E-state index in [1.54, 1.807) is 0 Å². The van der Waals surface area contributed by atoms with Crippen molar-refractivity contribution in [2.24, 2.45) is 11.8 Å². The Kier molecular flexibility index (Phi) is 2.76. The summed E-state index contributed by atoms with van der Waals surface area (Å²) in [5.74, 6) is 1.04. The molecule has 1 aromatic rings. The third-order valence-electron chi connectivity index (χ3n) is 3.10. The van der Waals surface area contributed by atoms with E-state index in [1.165, 1.54) is 5.56 Å². The summed E-state index contributed by atoms with van der Waals surface area (Å²) in [5.41, 5.74) is 1.17. The highest BCUT2D eigenvalue weighted by Crippen LogP contribution is 2.38. The topological polar surface area (TPSA) is 29.1 Å². The summed E-state index contributed by atoms with van der Waals surface area (Å²) in [6.07, 6.45) is 1.05. The minimum Gasteiger partial charge on any atom is -0.349 e. The summed E-state index contributed by atoms with van der Waals surface area (Å²) < 4.78 is 0. The number of hydrogen-bond donors (Lipinski definition) is 1. The van der Waals surface area contributed by atoms with Crippen LogP contribution in [0.2, 0.25) is 0 Å². The molecule has 1 saturated carbocycles. The molecule has 0 bridgehead atoms. The van der Waals surface area contributed by atoms with Crippen molar-refractivity contribution >= 4 is 5.91 Å². The first kappa shape index (κ1) is 10.2. The molecular weight excluding hydrogens is 186 g/mol. The van der Waals surface area contributed by atoms with Crippen molar-refractivity contribution in [2.75, 3.05) is 0 Å². The normalized spacial score (nSPS) is 25.7. The number of amides is 1. The summed E-state index contributed by atoms with van der Waals surface area (Å²) >= 11 is 0. The first-order valence-corrected chi connectivity index (χ1v) is 5.54. The maximum Gasteiger partial charge on any atom is 0.223 e. The average molecular weight is 203 g/mol. The smallest absolute Gasteiger partial charge is 0.223 e. The summed E-state index contributed by atoms with van der Waals surface area (Å²) in [7, 11) is 0. The predicted molar refractivity (Wildman–Crippen MR) is 60.3 cm³/mol. The molecule has 2 rings (SSSR count). The second-order valence-electron chi connectivity index (χ2n) is 4.46. The van der Waals surface area contributed by atoms with Crippen LogP contribution in [0, 0.1) is 11.8 Å². The monoisotopic (exact) mass is 203 g/mol. The molecule has 2 nitrogen and oxygen atoms in total. The van der Waals surface area contributed by atoms with Crippen LogP contribution in [0.3, 0.4) is 0 Å². The van der Waals surface area contributed by atoms with Crippen molar-refractivity contribution < 1.29 is 4.79 Å². The number of carbonyl (C=O) groups excluding carboxylic acids is 1. The van der Waals surface area contributed by atoms with E-state index in [4.69, 9.17) is 0 Å². The Morgan fingerprint density at radius 3 is 2.53 bits per heavy atom. The van der Waals surface area contributed by atoms with Crippen LogP contribution in [0.1, 0.15) is 31.9 Å². The Labute approximate surface area is 90.7 Å². The maximum absolute atomic E-state index is 11.7. The Bertz CT molecular complexity index is 347. The van der Waals surface area contributed by atoms with Crippen molar-refractivity contribution in [1.82, 2.24) is 5.32 Å². The maximum atomic E-state index is 11.7. The van der Waals surface area contributed by atoms with E-state index >= 15 is 0 Å². The largest absolute Gasteiger partial charge is 0.349 e. The van der Waals surface area contributed by atoms with Crippen LogP contribution in [0.25, 0.3) is 0 Å². The predicted octanol–water partition coefficient (Wildman–Crippen LogP) is 2.52. The molecule has 1 aliphatic carbocycles. The van der Waals surface area contributed by atoms with Gasteiger partial charge in [-0.25, -0.2) is 0 Å². The van der Waals surface area contributed by atoms with Crippen LogP contribution in [-0.2, 0) is 4.79 Å². The van der Waals surface area contributed by atoms with Gasteiger partial charge in [0.15, 0.2) is 0 Å². The molecule has 80 valence electrons. The molecule has 2 heteroatoms. The lowest BCUT2D eigenvalue weighted by molar-refractivity contribution is -0.123. The second kappa shape index (κ2) is 4.05. The van der Waals surface area contributed by atoms with Gasteiger partial charge in [0.2, 0.25) is 5.91 Å². The highest BCUT2D eigenvalue weighted by molar-refractivity contribution is 5.81. The zero-order valence-corrected chi connectivity index (χ0v) is 9.23. The molecule has 1 aromatic carbocycles. The summed E-state index contributed by atoms with van der Waals surface area (Å²) in [6, 6.07) is 10.2. The zero-order valence-electron chi connectivity index (χ0n) is 9.23. The van der Waals surface area contributed by atoms with Crippen molar-refractivity contribution in [1.29, 1.82) is 0 Å². The van der Waals surface area contributed by atoms with Crippen LogP contribution in [0.15, 0.2) is 30.3 Å². The highest BCUT2D eigenvalue weighted by atomic mass is 16.2. The first-order valence-electron chi connectivity index (χ1n) is 5.54. The second-order valence-corrected chi connectivity index (χ2v) is 4.46. The standard InChI is InChI=1S/C13H17NO/c1-9-8-12(9)13(15)14-10(2)11-6-4-3-5-7-11/h3-7,9-10,12H,8H2,1-2H3,(H,14,15). The molecular formula is C13H17NO. The van der Waals surface area contributed by atoms with Crippen LogP contribution in [0.5, 0.6) is 0 Å². The van der Waals surface area contributed by atoms with Gasteiger partial charge in [0.1, 0.15) is 0 Å². The van der Waals surface area contributed by atoms with Gasteiger partial charge in [0, 0.05) is 5.92 Å². The number of rotatable bonds is 3. The van der Waals surface area contributed by atoms with E-state index in [2.05, 4.69) is 12.2 Å². The fraction of sp³-hybridized carbons (Fsp3) is 0.462. The van der Waals surface area contributed by atoms with E-state index in [1.807, 2.05) is 37.3 Å². The van der Waals surface area contributed by atoms with Gasteiger partial charge in [0.05, 0.1) is 6.04 Å². The highest BCUT2D eigenvalue weighted by Gasteiger charge is 2.39. The van der Waals surface area contributed by atoms with E-state index in [-0.39, 0.29) is 17.9 Å². The third kappa shape index (κ3) is 2.38. The first-order chi connectivity index (χ1) is 7.18. The van der Waals surface area contributed by atoms with Gasteiger partial charge in [-0.1, -0.05) is 37.3 Å². The van der Waals surface area contributed by atoms with Gasteiger partial charge in [-0.15, -0.1) is 0 Å². The minimum atomic E-state index is 0.117. The SMILES string of the molecule is CC(NC(=O)C1CC1C)c1ccccc1. The lowest BCUT2D eigenvalue weighted by atomic mass is 10.1. The number of hydrogen-bond acceptors (Lipinski definition) is 1. The Morgan fingerprint density at radius 1 is 1.40 bits per heavy atom. The third-order valence-corrected chi connectivity index (χ3v) is 3.10. The van der Waals surface area contributed by atoms with Crippen molar-refractivity contribution in [3.8, 4) is 0 Å². The van der Waals surface area contributed by atoms with Gasteiger partial charge >= 0.3 is 0 Å². The molecule has 3 unspecified atom stereocenters. The molecule has 1 amide bonds. The fourth-order valence-corrected chi connectivity index (χ4v) is 1.83. The van der Waals surface area contributed by atoms with E-state index in [0.717, 1.165) is 6.42 Å². The van der Waals surface area contributed by atoms with Gasteiger partial charge < -0.3 is 5.32 Å². The molecule has 1 aliphatic rings. The number of benzene rings is 1. The molecule has 0 saturated heterocycles. The van der Waals surface area contributed by atoms with Crippen LogP contribution < -0.4 is 5.32 Å². The van der Waals surface area contributed by atoms with E-state index < -0.39 is 0 Å². The summed E-state index contributed by atoms with van der Waals surface area (Å²) in [4.78, 5) is 11.7. The molecule has 0 spiro atoms. The lowest BCUT2D eigenvalue weighted by Crippen LogP contribution is -2.28. The van der Waals surface area contributed by atoms with E-state index in [0.29, 0.717) is 5.92 Å². The Balaban J connectivity index is 1.92. The molecule has 0 radical (unpaired) electrons. The summed E-state index contributed by atoms with van der Waals surface area (Å²) in [6.45, 7) is 4.15. The molecule has 0 aliphatic heterocycles. The zero-order chi connectivity index (χ0) is 10.8. The van der Waals surface area contributed by atoms with Crippen LogP contribution >= 0.6 is 0 Å². The van der Waals surface area contributed by atoms with Crippen molar-refractivity contribution in [3.05, 3.63) is 35.9 Å². The molecule has 3 atom stereocenters. The van der Waals surface area contributed by atoms with Crippen LogP contribution in [0.4, 0.5) is 0 Å². The Morgan fingerprint density at radius 2 is 2.00 bits per heavy atom.